The summed E-state index contributed by atoms with van der Waals surface area (Å²) in [6.45, 7) is 0. The number of benzene rings is 8. The monoisotopic (exact) mass is 582 g/mol. The Morgan fingerprint density at radius 1 is 0.348 bits per heavy atom. The molecule has 2 aliphatic carbocycles. The molecule has 0 aromatic heterocycles. The van der Waals surface area contributed by atoms with E-state index in [0.717, 1.165) is 22.6 Å². The van der Waals surface area contributed by atoms with E-state index >= 15 is 0 Å². The van der Waals surface area contributed by atoms with Gasteiger partial charge in [-0.15, -0.1) is 0 Å². The van der Waals surface area contributed by atoms with Crippen LogP contribution in [0.2, 0.25) is 0 Å². The molecule has 1 heterocycles. The minimum absolute atomic E-state index is 0.425. The average molecular weight is 583 g/mol. The van der Waals surface area contributed by atoms with Crippen LogP contribution in [0.15, 0.2) is 158 Å². The maximum atomic E-state index is 6.63. The van der Waals surface area contributed by atoms with Crippen LogP contribution in [0, 0.1) is 0 Å². The fourth-order valence-corrected chi connectivity index (χ4v) is 8.95. The molecule has 1 unspecified atom stereocenters. The number of hydrogen-bond donors (Lipinski definition) is 0. The number of hydrogen-bond acceptors (Lipinski definition) is 1. The van der Waals surface area contributed by atoms with E-state index in [1.807, 2.05) is 0 Å². The lowest BCUT2D eigenvalue weighted by Crippen LogP contribution is -2.31. The molecular formula is C45H26O. The first-order valence-electron chi connectivity index (χ1n) is 16.0. The highest BCUT2D eigenvalue weighted by Crippen LogP contribution is 2.63. The molecular weight excluding hydrogens is 556 g/mol. The Kier molecular flexibility index (Phi) is 4.57. The summed E-state index contributed by atoms with van der Waals surface area (Å²) in [5, 5.41) is 5.03. The third-order valence-electron chi connectivity index (χ3n) is 10.7. The van der Waals surface area contributed by atoms with Gasteiger partial charge in [0.05, 0.1) is 5.41 Å². The molecule has 1 spiro atoms. The number of fused-ring (bicyclic) bond motifs is 11. The van der Waals surface area contributed by atoms with Gasteiger partial charge in [0, 0.05) is 10.9 Å². The molecule has 0 radical (unpaired) electrons. The quantitative estimate of drug-likeness (QED) is 0.187. The fraction of sp³-hybridized carbons (Fsp3) is 0.0222. The fourth-order valence-electron chi connectivity index (χ4n) is 8.95. The first-order valence-corrected chi connectivity index (χ1v) is 16.0. The molecule has 1 atom stereocenters. The minimum Gasteiger partial charge on any atom is -0.456 e. The molecule has 0 fully saturated rings. The number of rotatable bonds is 1. The molecule has 1 nitrogen and oxygen atoms in total. The first-order chi connectivity index (χ1) is 22.8. The van der Waals surface area contributed by atoms with E-state index < -0.39 is 5.41 Å². The third kappa shape index (κ3) is 2.87. The van der Waals surface area contributed by atoms with Gasteiger partial charge in [0.25, 0.3) is 0 Å². The summed E-state index contributed by atoms with van der Waals surface area (Å²) in [5.41, 5.74) is 15.0. The van der Waals surface area contributed by atoms with Crippen molar-refractivity contribution in [3.63, 3.8) is 0 Å². The van der Waals surface area contributed by atoms with E-state index in [-0.39, 0.29) is 0 Å². The average Bonchev–Trinajstić information content (AvgIpc) is 3.41. The molecule has 1 heteroatoms. The molecule has 46 heavy (non-hydrogen) atoms. The van der Waals surface area contributed by atoms with Crippen LogP contribution in [0.25, 0.3) is 66.1 Å². The van der Waals surface area contributed by atoms with Gasteiger partial charge in [-0.3, -0.25) is 0 Å². The van der Waals surface area contributed by atoms with E-state index in [4.69, 9.17) is 4.74 Å². The Morgan fingerprint density at radius 2 is 0.913 bits per heavy atom. The van der Waals surface area contributed by atoms with E-state index in [2.05, 4.69) is 158 Å². The van der Waals surface area contributed by atoms with Crippen molar-refractivity contribution in [3.8, 4) is 56.0 Å². The van der Waals surface area contributed by atoms with E-state index in [1.54, 1.807) is 0 Å². The maximum Gasteiger partial charge on any atom is 0.135 e. The molecule has 0 N–H and O–H groups in total. The second kappa shape index (κ2) is 8.62. The topological polar surface area (TPSA) is 9.23 Å². The van der Waals surface area contributed by atoms with Crippen LogP contribution >= 0.6 is 0 Å². The molecule has 3 aliphatic rings. The van der Waals surface area contributed by atoms with Gasteiger partial charge in [-0.05, 0) is 95.6 Å². The molecule has 0 saturated carbocycles. The van der Waals surface area contributed by atoms with Crippen LogP contribution in [0.5, 0.6) is 11.5 Å². The second-order valence-electron chi connectivity index (χ2n) is 12.8. The summed E-state index contributed by atoms with van der Waals surface area (Å²) < 4.78 is 6.63. The van der Waals surface area contributed by atoms with Crippen molar-refractivity contribution in [1.29, 1.82) is 0 Å². The Labute approximate surface area is 267 Å². The summed E-state index contributed by atoms with van der Waals surface area (Å²) in [4.78, 5) is 0. The van der Waals surface area contributed by atoms with Gasteiger partial charge in [0.2, 0.25) is 0 Å². The zero-order valence-electron chi connectivity index (χ0n) is 24.9. The van der Waals surface area contributed by atoms with Crippen LogP contribution < -0.4 is 4.74 Å². The van der Waals surface area contributed by atoms with Crippen molar-refractivity contribution < 1.29 is 4.74 Å². The minimum atomic E-state index is -0.425. The van der Waals surface area contributed by atoms with Crippen LogP contribution in [-0.4, -0.2) is 0 Å². The van der Waals surface area contributed by atoms with Crippen molar-refractivity contribution in [2.75, 3.05) is 0 Å². The van der Waals surface area contributed by atoms with Crippen molar-refractivity contribution in [1.82, 2.24) is 0 Å². The largest absolute Gasteiger partial charge is 0.456 e. The third-order valence-corrected chi connectivity index (χ3v) is 10.7. The van der Waals surface area contributed by atoms with Gasteiger partial charge in [0.15, 0.2) is 0 Å². The highest BCUT2D eigenvalue weighted by atomic mass is 16.5. The molecule has 0 saturated heterocycles. The van der Waals surface area contributed by atoms with Crippen LogP contribution in [0.3, 0.4) is 0 Å². The molecule has 8 aromatic carbocycles. The van der Waals surface area contributed by atoms with Gasteiger partial charge in [-0.25, -0.2) is 0 Å². The van der Waals surface area contributed by atoms with Crippen molar-refractivity contribution in [2.24, 2.45) is 0 Å². The lowest BCUT2D eigenvalue weighted by atomic mass is 9.61. The van der Waals surface area contributed by atoms with E-state index in [1.165, 1.54) is 77.2 Å². The normalized spacial score (nSPS) is 16.1. The molecule has 0 bridgehead atoms. The van der Waals surface area contributed by atoms with Gasteiger partial charge < -0.3 is 4.74 Å². The van der Waals surface area contributed by atoms with Crippen molar-refractivity contribution in [2.45, 2.75) is 5.41 Å². The Bertz CT molecular complexity index is 2610. The molecule has 11 rings (SSSR count). The smallest absolute Gasteiger partial charge is 0.135 e. The zero-order chi connectivity index (χ0) is 30.0. The second-order valence-corrected chi connectivity index (χ2v) is 12.8. The first kappa shape index (κ1) is 24.4. The molecule has 212 valence electrons. The Hall–Kier alpha value is -5.92. The van der Waals surface area contributed by atoms with Gasteiger partial charge >= 0.3 is 0 Å². The summed E-state index contributed by atoms with van der Waals surface area (Å²) in [6, 6.07) is 58.3. The molecule has 1 aliphatic heterocycles. The van der Waals surface area contributed by atoms with E-state index in [9.17, 15) is 0 Å². The van der Waals surface area contributed by atoms with E-state index in [0.29, 0.717) is 0 Å². The summed E-state index contributed by atoms with van der Waals surface area (Å²) >= 11 is 0. The zero-order valence-corrected chi connectivity index (χ0v) is 24.9. The highest BCUT2D eigenvalue weighted by molar-refractivity contribution is 6.09. The predicted molar refractivity (Wildman–Crippen MR) is 189 cm³/mol. The number of ether oxygens (including phenoxy) is 1. The van der Waals surface area contributed by atoms with Gasteiger partial charge in [0.1, 0.15) is 11.5 Å². The summed E-state index contributed by atoms with van der Waals surface area (Å²) in [7, 11) is 0. The van der Waals surface area contributed by atoms with Gasteiger partial charge in [-0.2, -0.15) is 0 Å². The molecule has 0 amide bonds. The summed E-state index contributed by atoms with van der Waals surface area (Å²) in [5.74, 6) is 1.83. The van der Waals surface area contributed by atoms with Crippen LogP contribution in [-0.2, 0) is 5.41 Å². The Balaban J connectivity index is 1.21. The predicted octanol–water partition coefficient (Wildman–Crippen LogP) is 11.8. The van der Waals surface area contributed by atoms with Crippen LogP contribution in [0.1, 0.15) is 22.3 Å². The highest BCUT2D eigenvalue weighted by Gasteiger charge is 2.50. The SMILES string of the molecule is c1ccc2c(c1)-c1c(-c3ccc4c(c3)Oc3cccc5cccc-4c35)cccc1C21c2ccccc2-c2cccc3cccc1c23. The molecule has 8 aromatic rings. The standard InChI is InChI=1S/C45H26O/c1-3-19-36-31(14-1)33-17-5-10-27-12-7-21-38(42(27)33)45(36)37-20-4-2-15-35(37)44-30(16-9-22-39(44)45)29-24-25-32-34-18-6-11-28-13-8-23-40(43(28)34)46-41(32)26-29/h1-26H. The van der Waals surface area contributed by atoms with Crippen LogP contribution in [0.4, 0.5) is 0 Å². The van der Waals surface area contributed by atoms with Crippen molar-refractivity contribution >= 4 is 21.5 Å². The lowest BCUT2D eigenvalue weighted by molar-refractivity contribution is 0.487. The lowest BCUT2D eigenvalue weighted by Gasteiger charge is -2.40. The summed E-state index contributed by atoms with van der Waals surface area (Å²) in [6.07, 6.45) is 0. The van der Waals surface area contributed by atoms with Crippen molar-refractivity contribution in [3.05, 3.63) is 180 Å². The van der Waals surface area contributed by atoms with Gasteiger partial charge in [-0.1, -0.05) is 140 Å². The maximum absolute atomic E-state index is 6.63. The Morgan fingerprint density at radius 3 is 1.74 bits per heavy atom.